The van der Waals surface area contributed by atoms with Gasteiger partial charge in [-0.2, -0.15) is 26.3 Å². The summed E-state index contributed by atoms with van der Waals surface area (Å²) < 4.78 is 112. The molecule has 0 saturated heterocycles. The summed E-state index contributed by atoms with van der Waals surface area (Å²) in [5.41, 5.74) is -3.47. The van der Waals surface area contributed by atoms with Crippen molar-refractivity contribution in [3.05, 3.63) is 30.1 Å². The summed E-state index contributed by atoms with van der Waals surface area (Å²) in [7, 11) is -4.55. The van der Waals surface area contributed by atoms with E-state index >= 15 is 0 Å². The molecular formula is C11H10F7N3O3S. The highest BCUT2D eigenvalue weighted by molar-refractivity contribution is 7.89. The summed E-state index contributed by atoms with van der Waals surface area (Å²) in [6.45, 7) is -0.332. The van der Waals surface area contributed by atoms with E-state index in [1.807, 2.05) is 0 Å². The second-order valence-corrected chi connectivity index (χ2v) is 6.44. The average molecular weight is 397 g/mol. The molecule has 3 N–H and O–H groups in total. The Kier molecular flexibility index (Phi) is 5.59. The number of carbonyl (C=O) groups excluding carboxylic acids is 1. The van der Waals surface area contributed by atoms with E-state index in [1.54, 1.807) is 0 Å². The van der Waals surface area contributed by atoms with E-state index in [0.29, 0.717) is 5.32 Å². The first-order valence-corrected chi connectivity index (χ1v) is 7.57. The monoisotopic (exact) mass is 397 g/mol. The molecule has 0 fully saturated rings. The number of rotatable bonds is 4. The summed E-state index contributed by atoms with van der Waals surface area (Å²) >= 11 is 0. The van der Waals surface area contributed by atoms with E-state index in [4.69, 9.17) is 0 Å². The standard InChI is InChI=1S/C11H10F7N3O3S/c1-9(10(13,14)15,11(16,17)18)19-8(22)20-21-25(23,24)7-4-2-6(12)3-5-7/h2-5,21H,1H3,(H2,19,20,22). The Hall–Kier alpha value is -2.09. The maximum Gasteiger partial charge on any atom is 0.420 e. The molecule has 2 amide bonds. The Morgan fingerprint density at radius 1 is 0.960 bits per heavy atom. The Balaban J connectivity index is 2.87. The van der Waals surface area contributed by atoms with Crippen LogP contribution in [-0.4, -0.2) is 32.3 Å². The number of hydrogen-bond donors (Lipinski definition) is 3. The minimum atomic E-state index is -5.90. The number of sulfonamides is 1. The van der Waals surface area contributed by atoms with Gasteiger partial charge >= 0.3 is 18.4 Å². The maximum atomic E-state index is 12.7. The first kappa shape index (κ1) is 21.0. The van der Waals surface area contributed by atoms with E-state index in [9.17, 15) is 43.9 Å². The number of amides is 2. The van der Waals surface area contributed by atoms with Gasteiger partial charge in [0, 0.05) is 0 Å². The summed E-state index contributed by atoms with van der Waals surface area (Å²) in [5.74, 6) is -0.796. The fourth-order valence-corrected chi connectivity index (χ4v) is 2.19. The van der Waals surface area contributed by atoms with Gasteiger partial charge < -0.3 is 5.32 Å². The van der Waals surface area contributed by atoms with E-state index in [1.165, 1.54) is 4.83 Å². The predicted molar refractivity (Wildman–Crippen MR) is 68.9 cm³/mol. The van der Waals surface area contributed by atoms with Crippen molar-refractivity contribution in [3.8, 4) is 0 Å². The van der Waals surface area contributed by atoms with Crippen LogP contribution in [0.5, 0.6) is 0 Å². The minimum absolute atomic E-state index is 0.332. The predicted octanol–water partition coefficient (Wildman–Crippen LogP) is 2.20. The summed E-state index contributed by atoms with van der Waals surface area (Å²) in [4.78, 5) is 12.0. The summed E-state index contributed by atoms with van der Waals surface area (Å²) in [6, 6.07) is 0.875. The van der Waals surface area contributed by atoms with Gasteiger partial charge in [0.1, 0.15) is 5.82 Å². The van der Waals surface area contributed by atoms with Crippen molar-refractivity contribution in [1.29, 1.82) is 0 Å². The molecule has 142 valence electrons. The third-order valence-electron chi connectivity index (χ3n) is 2.92. The van der Waals surface area contributed by atoms with Gasteiger partial charge in [-0.15, -0.1) is 4.83 Å². The Morgan fingerprint density at radius 2 is 1.40 bits per heavy atom. The zero-order valence-corrected chi connectivity index (χ0v) is 12.9. The van der Waals surface area contributed by atoms with Gasteiger partial charge in [-0.25, -0.2) is 17.6 Å². The van der Waals surface area contributed by atoms with Crippen LogP contribution in [0.2, 0.25) is 0 Å². The Morgan fingerprint density at radius 3 is 1.80 bits per heavy atom. The molecule has 1 aromatic rings. The molecular weight excluding hydrogens is 387 g/mol. The van der Waals surface area contributed by atoms with E-state index in [-0.39, 0.29) is 6.92 Å². The maximum absolute atomic E-state index is 12.7. The van der Waals surface area contributed by atoms with Crippen molar-refractivity contribution in [3.63, 3.8) is 0 Å². The molecule has 0 atom stereocenters. The molecule has 25 heavy (non-hydrogen) atoms. The summed E-state index contributed by atoms with van der Waals surface area (Å²) in [5, 5.41) is 0.619. The number of halogens is 7. The topological polar surface area (TPSA) is 87.3 Å². The number of alkyl halides is 6. The lowest BCUT2D eigenvalue weighted by Crippen LogP contribution is -2.67. The summed E-state index contributed by atoms with van der Waals surface area (Å²) in [6.07, 6.45) is -11.8. The van der Waals surface area contributed by atoms with Crippen LogP contribution in [0.25, 0.3) is 0 Å². The van der Waals surface area contributed by atoms with Crippen molar-refractivity contribution in [1.82, 2.24) is 15.6 Å². The molecule has 0 aromatic heterocycles. The van der Waals surface area contributed by atoms with Gasteiger partial charge in [-0.05, 0) is 31.2 Å². The van der Waals surface area contributed by atoms with Crippen LogP contribution in [0.15, 0.2) is 29.2 Å². The van der Waals surface area contributed by atoms with Crippen LogP contribution in [0.4, 0.5) is 35.5 Å². The van der Waals surface area contributed by atoms with Crippen molar-refractivity contribution < 1.29 is 43.9 Å². The fourth-order valence-electron chi connectivity index (χ4n) is 1.35. The first-order chi connectivity index (χ1) is 11.1. The molecule has 1 rings (SSSR count). The van der Waals surface area contributed by atoms with Crippen LogP contribution < -0.4 is 15.6 Å². The van der Waals surface area contributed by atoms with Crippen molar-refractivity contribution in [2.45, 2.75) is 29.7 Å². The van der Waals surface area contributed by atoms with Crippen molar-refractivity contribution >= 4 is 16.1 Å². The molecule has 0 radical (unpaired) electrons. The smallest absolute Gasteiger partial charge is 0.315 e. The molecule has 0 bridgehead atoms. The van der Waals surface area contributed by atoms with Crippen LogP contribution in [0.1, 0.15) is 6.92 Å². The molecule has 0 spiro atoms. The highest BCUT2D eigenvalue weighted by Gasteiger charge is 2.68. The highest BCUT2D eigenvalue weighted by atomic mass is 32.2. The number of nitrogens with one attached hydrogen (secondary N) is 3. The fraction of sp³-hybridized carbons (Fsp3) is 0.364. The Bertz CT molecular complexity index is 715. The number of hydrazine groups is 1. The molecule has 0 saturated carbocycles. The minimum Gasteiger partial charge on any atom is -0.315 e. The quantitative estimate of drug-likeness (QED) is 0.538. The second kappa shape index (κ2) is 6.67. The van der Waals surface area contributed by atoms with Crippen LogP contribution >= 0.6 is 0 Å². The van der Waals surface area contributed by atoms with Crippen LogP contribution in [0, 0.1) is 5.82 Å². The molecule has 0 aliphatic heterocycles. The number of carbonyl (C=O) groups is 1. The normalized spacial score (nSPS) is 13.4. The number of benzene rings is 1. The van der Waals surface area contributed by atoms with Gasteiger partial charge in [-0.3, -0.25) is 5.43 Å². The third kappa shape index (κ3) is 4.72. The second-order valence-electron chi connectivity index (χ2n) is 4.76. The number of hydrogen-bond acceptors (Lipinski definition) is 3. The molecule has 1 aromatic carbocycles. The Labute approximate surface area is 136 Å². The third-order valence-corrected chi connectivity index (χ3v) is 4.18. The molecule has 0 aliphatic carbocycles. The molecule has 0 unspecified atom stereocenters. The van der Waals surface area contributed by atoms with Crippen LogP contribution in [0.3, 0.4) is 0 Å². The molecule has 0 heterocycles. The van der Waals surface area contributed by atoms with Gasteiger partial charge in [0.2, 0.25) is 5.54 Å². The molecule has 14 heteroatoms. The van der Waals surface area contributed by atoms with E-state index < -0.39 is 44.7 Å². The number of urea groups is 1. The van der Waals surface area contributed by atoms with Crippen molar-refractivity contribution in [2.75, 3.05) is 0 Å². The van der Waals surface area contributed by atoms with Gasteiger partial charge in [0.25, 0.3) is 10.0 Å². The lowest BCUT2D eigenvalue weighted by molar-refractivity contribution is -0.297. The van der Waals surface area contributed by atoms with Gasteiger partial charge in [0.05, 0.1) is 4.90 Å². The lowest BCUT2D eigenvalue weighted by Gasteiger charge is -2.34. The van der Waals surface area contributed by atoms with Crippen molar-refractivity contribution in [2.24, 2.45) is 0 Å². The largest absolute Gasteiger partial charge is 0.420 e. The molecule has 6 nitrogen and oxygen atoms in total. The zero-order valence-electron chi connectivity index (χ0n) is 12.1. The SMILES string of the molecule is CC(NC(=O)NNS(=O)(=O)c1ccc(F)cc1)(C(F)(F)F)C(F)(F)F. The lowest BCUT2D eigenvalue weighted by atomic mass is 10.0. The van der Waals surface area contributed by atoms with Gasteiger partial charge in [-0.1, -0.05) is 0 Å². The van der Waals surface area contributed by atoms with E-state index in [0.717, 1.165) is 29.7 Å². The van der Waals surface area contributed by atoms with Gasteiger partial charge in [0.15, 0.2) is 0 Å². The highest BCUT2D eigenvalue weighted by Crippen LogP contribution is 2.42. The zero-order chi connectivity index (χ0) is 19.7. The van der Waals surface area contributed by atoms with E-state index in [2.05, 4.69) is 0 Å². The van der Waals surface area contributed by atoms with Crippen LogP contribution in [-0.2, 0) is 10.0 Å². The molecule has 0 aliphatic rings. The average Bonchev–Trinajstić information content (AvgIpc) is 2.43. The first-order valence-electron chi connectivity index (χ1n) is 6.09.